The minimum atomic E-state index is -2.50. The first-order valence-electron chi connectivity index (χ1n) is 8.95. The molecule has 0 fully saturated rings. The number of aromatic carboxylic acids is 1. The van der Waals surface area contributed by atoms with Gasteiger partial charge in [-0.2, -0.15) is 0 Å². The molecular formula is C21H19NO6S2. The number of carbonyl (C=O) groups is 2. The predicted molar refractivity (Wildman–Crippen MR) is 117 cm³/mol. The number of aryl methyl sites for hydroxylation is 1. The number of nitrogens with zero attached hydrogens (tertiary/aromatic N) is 1. The number of carbonyl (C=O) groups excluding carboxylic acids is 1. The Bertz CT molecular complexity index is 1120. The van der Waals surface area contributed by atoms with Gasteiger partial charge >= 0.3 is 11.9 Å². The van der Waals surface area contributed by atoms with Crippen molar-refractivity contribution in [3.63, 3.8) is 0 Å². The second kappa shape index (κ2) is 9.21. The molecule has 7 nitrogen and oxygen atoms in total. The molecule has 0 aliphatic heterocycles. The van der Waals surface area contributed by atoms with Gasteiger partial charge in [0.2, 0.25) is 0 Å². The summed E-state index contributed by atoms with van der Waals surface area (Å²) >= 11 is -1.54. The van der Waals surface area contributed by atoms with Gasteiger partial charge < -0.3 is 9.84 Å². The lowest BCUT2D eigenvalue weighted by atomic mass is 10.1. The Hall–Kier alpha value is -3.01. The Morgan fingerprint density at radius 2 is 1.83 bits per heavy atom. The Labute approximate surface area is 180 Å². The van der Waals surface area contributed by atoms with Crippen LogP contribution in [0.25, 0.3) is 10.4 Å². The minimum Gasteiger partial charge on any atom is -0.477 e. The fraction of sp³-hybridized carbons (Fsp3) is 0.143. The van der Waals surface area contributed by atoms with E-state index in [4.69, 9.17) is 4.74 Å². The first kappa shape index (κ1) is 21.7. The highest BCUT2D eigenvalue weighted by atomic mass is 32.2. The van der Waals surface area contributed by atoms with E-state index in [0.717, 1.165) is 15.6 Å². The number of thiophene rings is 1. The summed E-state index contributed by atoms with van der Waals surface area (Å²) in [4.78, 5) is 24.4. The maximum Gasteiger partial charge on any atom is 0.348 e. The molecule has 0 radical (unpaired) electrons. The van der Waals surface area contributed by atoms with Gasteiger partial charge in [-0.3, -0.25) is 4.55 Å². The zero-order valence-electron chi connectivity index (χ0n) is 16.2. The molecule has 1 heterocycles. The molecule has 0 aliphatic rings. The molecule has 3 rings (SSSR count). The Kier molecular flexibility index (Phi) is 6.66. The first-order valence-corrected chi connectivity index (χ1v) is 10.8. The third-order valence-corrected chi connectivity index (χ3v) is 6.14. The molecule has 0 saturated heterocycles. The van der Waals surface area contributed by atoms with Gasteiger partial charge in [0, 0.05) is 4.88 Å². The summed E-state index contributed by atoms with van der Waals surface area (Å²) in [6, 6.07) is 15.1. The smallest absolute Gasteiger partial charge is 0.348 e. The van der Waals surface area contributed by atoms with Crippen LogP contribution in [0.15, 0.2) is 54.6 Å². The molecule has 1 aromatic heterocycles. The molecule has 30 heavy (non-hydrogen) atoms. The lowest BCUT2D eigenvalue weighted by Gasteiger charge is -2.21. The van der Waals surface area contributed by atoms with E-state index in [0.29, 0.717) is 27.3 Å². The number of hydrogen-bond donors (Lipinski definition) is 2. The van der Waals surface area contributed by atoms with Crippen molar-refractivity contribution in [2.45, 2.75) is 13.8 Å². The fourth-order valence-electron chi connectivity index (χ4n) is 2.93. The van der Waals surface area contributed by atoms with E-state index in [-0.39, 0.29) is 17.2 Å². The van der Waals surface area contributed by atoms with Crippen molar-refractivity contribution in [2.24, 2.45) is 0 Å². The Balaban J connectivity index is 2.13. The topological polar surface area (TPSA) is 104 Å². The van der Waals surface area contributed by atoms with E-state index < -0.39 is 23.2 Å². The third-order valence-electron chi connectivity index (χ3n) is 4.27. The van der Waals surface area contributed by atoms with Gasteiger partial charge in [-0.1, -0.05) is 30.3 Å². The molecule has 9 heteroatoms. The van der Waals surface area contributed by atoms with Crippen LogP contribution in [-0.4, -0.2) is 32.4 Å². The van der Waals surface area contributed by atoms with E-state index in [1.807, 2.05) is 0 Å². The monoisotopic (exact) mass is 445 g/mol. The standard InChI is InChI=1S/C21H19NO6S2/c1-3-28-21(25)15-9-6-8-14(11-15)18-12-17(19(29-18)20(23)24)22(30(26)27)16-10-5-4-7-13(16)2/h4-12H,3H2,1-2H3,(H,23,24)(H,26,27). The molecule has 0 bridgehead atoms. The highest BCUT2D eigenvalue weighted by Gasteiger charge is 2.26. The lowest BCUT2D eigenvalue weighted by molar-refractivity contribution is 0.0526. The van der Waals surface area contributed by atoms with Crippen LogP contribution < -0.4 is 4.31 Å². The van der Waals surface area contributed by atoms with Crippen LogP contribution in [0.1, 0.15) is 32.5 Å². The van der Waals surface area contributed by atoms with Crippen molar-refractivity contribution >= 4 is 45.9 Å². The van der Waals surface area contributed by atoms with Crippen LogP contribution in [0.2, 0.25) is 0 Å². The van der Waals surface area contributed by atoms with Gasteiger partial charge in [0.15, 0.2) is 0 Å². The van der Waals surface area contributed by atoms with Crippen molar-refractivity contribution in [3.05, 3.63) is 70.6 Å². The number of carboxylic acid groups (broad SMARTS) is 1. The summed E-state index contributed by atoms with van der Waals surface area (Å²) in [5.74, 6) is -1.69. The number of esters is 1. The van der Waals surface area contributed by atoms with Crippen LogP contribution in [0.5, 0.6) is 0 Å². The summed E-state index contributed by atoms with van der Waals surface area (Å²) < 4.78 is 28.2. The zero-order valence-corrected chi connectivity index (χ0v) is 17.8. The van der Waals surface area contributed by atoms with Crippen molar-refractivity contribution in [1.29, 1.82) is 0 Å². The number of anilines is 2. The number of hydrogen-bond acceptors (Lipinski definition) is 5. The summed E-state index contributed by atoms with van der Waals surface area (Å²) in [6.45, 7) is 3.72. The molecule has 1 atom stereocenters. The van der Waals surface area contributed by atoms with Crippen LogP contribution in [0, 0.1) is 6.92 Å². The first-order chi connectivity index (χ1) is 14.3. The number of carboxylic acids is 1. The molecule has 0 saturated carbocycles. The van der Waals surface area contributed by atoms with Crippen LogP contribution in [0.3, 0.4) is 0 Å². The molecule has 1 unspecified atom stereocenters. The average Bonchev–Trinajstić information content (AvgIpc) is 3.15. The third kappa shape index (κ3) is 4.43. The molecule has 0 spiro atoms. The van der Waals surface area contributed by atoms with Gasteiger partial charge in [-0.15, -0.1) is 11.3 Å². The summed E-state index contributed by atoms with van der Waals surface area (Å²) in [6.07, 6.45) is 0. The Morgan fingerprint density at radius 1 is 1.10 bits per heavy atom. The number of benzene rings is 2. The highest BCUT2D eigenvalue weighted by molar-refractivity contribution is 7.81. The molecule has 0 amide bonds. The highest BCUT2D eigenvalue weighted by Crippen LogP contribution is 2.41. The fourth-order valence-corrected chi connectivity index (χ4v) is 4.65. The maximum atomic E-state index is 12.2. The van der Waals surface area contributed by atoms with E-state index in [9.17, 15) is 23.5 Å². The van der Waals surface area contributed by atoms with Crippen LogP contribution in [0.4, 0.5) is 11.4 Å². The number of ether oxygens (including phenoxy) is 1. The number of rotatable bonds is 7. The SMILES string of the molecule is CCOC(=O)c1cccc(-c2cc(N(c3ccccc3C)S(=O)O)c(C(=O)O)s2)c1. The maximum absolute atomic E-state index is 12.2. The van der Waals surface area contributed by atoms with Gasteiger partial charge in [-0.25, -0.2) is 18.1 Å². The zero-order chi connectivity index (χ0) is 21.8. The number of para-hydroxylation sites is 1. The van der Waals surface area contributed by atoms with E-state index in [1.165, 1.54) is 0 Å². The van der Waals surface area contributed by atoms with E-state index in [2.05, 4.69) is 0 Å². The quantitative estimate of drug-likeness (QED) is 0.397. The van der Waals surface area contributed by atoms with Gasteiger partial charge in [0.25, 0.3) is 11.3 Å². The van der Waals surface area contributed by atoms with Gasteiger partial charge in [0.05, 0.1) is 23.5 Å². The minimum absolute atomic E-state index is 0.0859. The largest absolute Gasteiger partial charge is 0.477 e. The second-order valence-corrected chi connectivity index (χ2v) is 8.12. The van der Waals surface area contributed by atoms with Crippen molar-refractivity contribution in [3.8, 4) is 10.4 Å². The van der Waals surface area contributed by atoms with Gasteiger partial charge in [0.1, 0.15) is 4.88 Å². The Morgan fingerprint density at radius 3 is 2.47 bits per heavy atom. The normalized spacial score (nSPS) is 11.7. The summed E-state index contributed by atoms with van der Waals surface area (Å²) in [5, 5.41) is 9.71. The predicted octanol–water partition coefficient (Wildman–Crippen LogP) is 4.87. The summed E-state index contributed by atoms with van der Waals surface area (Å²) in [5.41, 5.74) is 2.17. The molecule has 2 N–H and O–H groups in total. The van der Waals surface area contributed by atoms with E-state index in [1.54, 1.807) is 68.4 Å². The van der Waals surface area contributed by atoms with E-state index >= 15 is 0 Å². The van der Waals surface area contributed by atoms with Crippen molar-refractivity contribution in [1.82, 2.24) is 0 Å². The summed E-state index contributed by atoms with van der Waals surface area (Å²) in [7, 11) is 0. The van der Waals surface area contributed by atoms with Crippen molar-refractivity contribution in [2.75, 3.05) is 10.9 Å². The molecule has 156 valence electrons. The second-order valence-electron chi connectivity index (χ2n) is 6.24. The molecule has 2 aromatic carbocycles. The average molecular weight is 446 g/mol. The van der Waals surface area contributed by atoms with Crippen LogP contribution >= 0.6 is 11.3 Å². The molecule has 3 aromatic rings. The van der Waals surface area contributed by atoms with Gasteiger partial charge in [-0.05, 0) is 49.2 Å². The van der Waals surface area contributed by atoms with Crippen LogP contribution in [-0.2, 0) is 16.0 Å². The van der Waals surface area contributed by atoms with Crippen molar-refractivity contribution < 1.29 is 28.2 Å². The lowest BCUT2D eigenvalue weighted by Crippen LogP contribution is -2.21. The molecular weight excluding hydrogens is 426 g/mol. The molecule has 0 aliphatic carbocycles.